The van der Waals surface area contributed by atoms with Crippen LogP contribution in [-0.2, 0) is 17.8 Å². The third-order valence-electron chi connectivity index (χ3n) is 5.24. The van der Waals surface area contributed by atoms with Crippen LogP contribution in [0.5, 0.6) is 0 Å². The average Bonchev–Trinajstić information content (AvgIpc) is 3.02. The van der Waals surface area contributed by atoms with E-state index in [2.05, 4.69) is 35.0 Å². The predicted octanol–water partition coefficient (Wildman–Crippen LogP) is 4.46. The fourth-order valence-corrected chi connectivity index (χ4v) is 3.86. The summed E-state index contributed by atoms with van der Waals surface area (Å²) in [6, 6.07) is 19.9. The summed E-state index contributed by atoms with van der Waals surface area (Å²) in [4.78, 5) is 23.3. The van der Waals surface area contributed by atoms with Gasteiger partial charge in [0.2, 0.25) is 11.8 Å². The Balaban J connectivity index is 1.88. The number of anilines is 1. The van der Waals surface area contributed by atoms with Crippen LogP contribution in [0.4, 0.5) is 5.69 Å². The van der Waals surface area contributed by atoms with E-state index in [-0.39, 0.29) is 5.91 Å². The number of nitrogens with one attached hydrogen (secondary N) is 1. The number of aryl methyl sites for hydroxylation is 1. The Hall–Kier alpha value is -3.60. The molecule has 0 atom stereocenters. The van der Waals surface area contributed by atoms with Crippen LogP contribution in [0.15, 0.2) is 60.7 Å². The van der Waals surface area contributed by atoms with E-state index in [4.69, 9.17) is 5.73 Å². The molecular weight excluding hydrogens is 362 g/mol. The third kappa shape index (κ3) is 3.47. The molecule has 0 bridgehead atoms. The van der Waals surface area contributed by atoms with Crippen LogP contribution in [0, 0.1) is 0 Å². The highest BCUT2D eigenvalue weighted by molar-refractivity contribution is 6.18. The molecule has 0 saturated carbocycles. The zero-order chi connectivity index (χ0) is 20.5. The molecule has 0 aliphatic rings. The first-order valence-corrected chi connectivity index (χ1v) is 9.68. The number of aromatic nitrogens is 1. The SMILES string of the molecule is CCc1ccc2c3c(C(N)=O)cccc3n(Cc3ccc(NC(C)=O)cc3)c2c1. The van der Waals surface area contributed by atoms with Crippen LogP contribution < -0.4 is 11.1 Å². The lowest BCUT2D eigenvalue weighted by molar-refractivity contribution is -0.114. The zero-order valence-electron chi connectivity index (χ0n) is 16.5. The van der Waals surface area contributed by atoms with Crippen molar-refractivity contribution in [2.24, 2.45) is 5.73 Å². The Labute approximate surface area is 169 Å². The molecule has 0 spiro atoms. The molecule has 0 unspecified atom stereocenters. The molecule has 29 heavy (non-hydrogen) atoms. The lowest BCUT2D eigenvalue weighted by Crippen LogP contribution is -2.11. The van der Waals surface area contributed by atoms with E-state index in [1.165, 1.54) is 12.5 Å². The number of primary amides is 1. The molecule has 4 rings (SSSR count). The molecule has 3 N–H and O–H groups in total. The molecule has 1 aromatic heterocycles. The summed E-state index contributed by atoms with van der Waals surface area (Å²) in [6.07, 6.45) is 0.936. The van der Waals surface area contributed by atoms with Gasteiger partial charge >= 0.3 is 0 Å². The number of fused-ring (bicyclic) bond motifs is 3. The van der Waals surface area contributed by atoms with E-state index in [0.717, 1.165) is 39.5 Å². The van der Waals surface area contributed by atoms with Crippen molar-refractivity contribution in [1.82, 2.24) is 4.57 Å². The number of nitrogens with two attached hydrogens (primary N) is 1. The van der Waals surface area contributed by atoms with Gasteiger partial charge in [-0.1, -0.05) is 37.3 Å². The van der Waals surface area contributed by atoms with E-state index >= 15 is 0 Å². The number of carbonyl (C=O) groups excluding carboxylic acids is 2. The quantitative estimate of drug-likeness (QED) is 0.532. The van der Waals surface area contributed by atoms with Gasteiger partial charge in [0.05, 0.1) is 5.52 Å². The van der Waals surface area contributed by atoms with Crippen molar-refractivity contribution in [3.05, 3.63) is 77.4 Å². The highest BCUT2D eigenvalue weighted by Crippen LogP contribution is 2.33. The van der Waals surface area contributed by atoms with Gasteiger partial charge in [-0.05, 0) is 47.9 Å². The molecule has 0 saturated heterocycles. The lowest BCUT2D eigenvalue weighted by atomic mass is 10.0. The van der Waals surface area contributed by atoms with Crippen molar-refractivity contribution >= 4 is 39.3 Å². The normalized spacial score (nSPS) is 11.1. The number of nitrogens with zero attached hydrogens (tertiary/aromatic N) is 1. The van der Waals surface area contributed by atoms with Crippen molar-refractivity contribution < 1.29 is 9.59 Å². The highest BCUT2D eigenvalue weighted by atomic mass is 16.1. The monoisotopic (exact) mass is 385 g/mol. The van der Waals surface area contributed by atoms with E-state index in [0.29, 0.717) is 12.1 Å². The van der Waals surface area contributed by atoms with Gasteiger partial charge in [-0.15, -0.1) is 0 Å². The maximum atomic E-state index is 12.1. The molecule has 4 aromatic rings. The van der Waals surface area contributed by atoms with E-state index < -0.39 is 5.91 Å². The minimum Gasteiger partial charge on any atom is -0.366 e. The van der Waals surface area contributed by atoms with Gasteiger partial charge in [0.1, 0.15) is 0 Å². The molecule has 3 aromatic carbocycles. The summed E-state index contributed by atoms with van der Waals surface area (Å²) in [7, 11) is 0. The average molecular weight is 385 g/mol. The van der Waals surface area contributed by atoms with Crippen molar-refractivity contribution in [3.8, 4) is 0 Å². The molecule has 146 valence electrons. The standard InChI is InChI=1S/C24H23N3O2/c1-3-16-9-12-19-22(13-16)27(21-6-4-5-20(23(19)21)24(25)29)14-17-7-10-18(11-8-17)26-15(2)28/h4-13H,3,14H2,1-2H3,(H2,25,29)(H,26,28). The third-order valence-corrected chi connectivity index (χ3v) is 5.24. The lowest BCUT2D eigenvalue weighted by Gasteiger charge is -2.10. The molecule has 0 fully saturated rings. The first-order chi connectivity index (χ1) is 14.0. The van der Waals surface area contributed by atoms with Crippen LogP contribution in [0.25, 0.3) is 21.8 Å². The maximum absolute atomic E-state index is 12.1. The molecule has 0 aliphatic heterocycles. The zero-order valence-corrected chi connectivity index (χ0v) is 16.5. The van der Waals surface area contributed by atoms with Gasteiger partial charge in [-0.2, -0.15) is 0 Å². The topological polar surface area (TPSA) is 77.1 Å². The molecular formula is C24H23N3O2. The molecule has 5 nitrogen and oxygen atoms in total. The van der Waals surface area contributed by atoms with Crippen LogP contribution in [0.3, 0.4) is 0 Å². The van der Waals surface area contributed by atoms with Gasteiger partial charge in [0.15, 0.2) is 0 Å². The first-order valence-electron chi connectivity index (χ1n) is 9.68. The number of amides is 2. The summed E-state index contributed by atoms with van der Waals surface area (Å²) in [5.74, 6) is -0.514. The minimum absolute atomic E-state index is 0.0915. The highest BCUT2D eigenvalue weighted by Gasteiger charge is 2.16. The van der Waals surface area contributed by atoms with Crippen molar-refractivity contribution in [3.63, 3.8) is 0 Å². The fraction of sp³-hybridized carbons (Fsp3) is 0.167. The van der Waals surface area contributed by atoms with Crippen LogP contribution in [0.2, 0.25) is 0 Å². The molecule has 0 radical (unpaired) electrons. The summed E-state index contributed by atoms with van der Waals surface area (Å²) in [6.45, 7) is 4.27. The van der Waals surface area contributed by atoms with Gasteiger partial charge in [-0.25, -0.2) is 0 Å². The smallest absolute Gasteiger partial charge is 0.249 e. The van der Waals surface area contributed by atoms with Crippen molar-refractivity contribution in [2.75, 3.05) is 5.32 Å². The molecule has 5 heteroatoms. The number of carbonyl (C=O) groups is 2. The molecule has 0 aliphatic carbocycles. The minimum atomic E-state index is -0.422. The summed E-state index contributed by atoms with van der Waals surface area (Å²) >= 11 is 0. The van der Waals surface area contributed by atoms with Crippen LogP contribution in [0.1, 0.15) is 35.3 Å². The Morgan fingerprint density at radius 3 is 2.34 bits per heavy atom. The Morgan fingerprint density at radius 1 is 0.966 bits per heavy atom. The van der Waals surface area contributed by atoms with E-state index in [1.54, 1.807) is 6.07 Å². The largest absolute Gasteiger partial charge is 0.366 e. The second kappa shape index (κ2) is 7.43. The Kier molecular flexibility index (Phi) is 4.80. The van der Waals surface area contributed by atoms with Crippen molar-refractivity contribution in [1.29, 1.82) is 0 Å². The summed E-state index contributed by atoms with van der Waals surface area (Å²) in [5, 5.41) is 4.71. The predicted molar refractivity (Wildman–Crippen MR) is 117 cm³/mol. The number of rotatable bonds is 5. The maximum Gasteiger partial charge on any atom is 0.249 e. The van der Waals surface area contributed by atoms with Crippen LogP contribution >= 0.6 is 0 Å². The molecule has 2 amide bonds. The second-order valence-electron chi connectivity index (χ2n) is 7.23. The van der Waals surface area contributed by atoms with E-state index in [1.807, 2.05) is 36.4 Å². The number of hydrogen-bond donors (Lipinski definition) is 2. The first kappa shape index (κ1) is 18.7. The van der Waals surface area contributed by atoms with Gasteiger partial charge in [0.25, 0.3) is 0 Å². The summed E-state index contributed by atoms with van der Waals surface area (Å²) < 4.78 is 2.23. The molecule has 1 heterocycles. The Bertz CT molecular complexity index is 1240. The van der Waals surface area contributed by atoms with Gasteiger partial charge < -0.3 is 15.6 Å². The van der Waals surface area contributed by atoms with Crippen molar-refractivity contribution in [2.45, 2.75) is 26.8 Å². The summed E-state index contributed by atoms with van der Waals surface area (Å²) in [5.41, 5.74) is 11.4. The second-order valence-corrected chi connectivity index (χ2v) is 7.23. The number of benzene rings is 3. The van der Waals surface area contributed by atoms with Crippen LogP contribution in [-0.4, -0.2) is 16.4 Å². The van der Waals surface area contributed by atoms with Gasteiger partial charge in [0, 0.05) is 41.0 Å². The van der Waals surface area contributed by atoms with Gasteiger partial charge in [-0.3, -0.25) is 9.59 Å². The number of hydrogen-bond acceptors (Lipinski definition) is 2. The fourth-order valence-electron chi connectivity index (χ4n) is 3.86. The Morgan fingerprint density at radius 2 is 1.69 bits per heavy atom. The van der Waals surface area contributed by atoms with E-state index in [9.17, 15) is 9.59 Å².